The third-order valence-electron chi connectivity index (χ3n) is 2.82. The monoisotopic (exact) mass is 248 g/mol. The number of hydrogen-bond donors (Lipinski definition) is 1. The maximum absolute atomic E-state index is 5.68. The van der Waals surface area contributed by atoms with E-state index in [0.717, 1.165) is 24.1 Å². The van der Waals surface area contributed by atoms with Crippen molar-refractivity contribution in [3.05, 3.63) is 24.1 Å². The van der Waals surface area contributed by atoms with Gasteiger partial charge < -0.3 is 14.9 Å². The third kappa shape index (κ3) is 3.47. The Bertz CT molecular complexity index is 493. The summed E-state index contributed by atoms with van der Waals surface area (Å²) in [5, 5.41) is 0. The molecule has 0 amide bonds. The van der Waals surface area contributed by atoms with Gasteiger partial charge in [0.15, 0.2) is 5.58 Å². The van der Waals surface area contributed by atoms with Crippen LogP contribution in [0.25, 0.3) is 11.1 Å². The zero-order valence-corrected chi connectivity index (χ0v) is 10.8. The molecule has 0 saturated carbocycles. The Morgan fingerprint density at radius 1 is 1.28 bits per heavy atom. The van der Waals surface area contributed by atoms with Gasteiger partial charge in [-0.25, -0.2) is 4.98 Å². The zero-order chi connectivity index (χ0) is 12.8. The first-order chi connectivity index (χ1) is 8.79. The molecule has 98 valence electrons. The van der Waals surface area contributed by atoms with Crippen molar-refractivity contribution in [2.45, 2.75) is 39.2 Å². The van der Waals surface area contributed by atoms with Gasteiger partial charge in [-0.15, -0.1) is 0 Å². The second-order valence-corrected chi connectivity index (χ2v) is 4.45. The van der Waals surface area contributed by atoms with Crippen LogP contribution in [0, 0.1) is 0 Å². The van der Waals surface area contributed by atoms with Crippen LogP contribution in [-0.2, 0) is 11.3 Å². The highest BCUT2D eigenvalue weighted by Crippen LogP contribution is 2.18. The predicted molar refractivity (Wildman–Crippen MR) is 72.2 cm³/mol. The topological polar surface area (TPSA) is 61.3 Å². The van der Waals surface area contributed by atoms with E-state index in [1.54, 1.807) is 6.07 Å². The number of ether oxygens (including phenoxy) is 1. The van der Waals surface area contributed by atoms with E-state index < -0.39 is 0 Å². The van der Waals surface area contributed by atoms with E-state index >= 15 is 0 Å². The van der Waals surface area contributed by atoms with E-state index in [4.69, 9.17) is 14.9 Å². The molecule has 2 N–H and O–H groups in total. The first-order valence-corrected chi connectivity index (χ1v) is 6.52. The number of unbranched alkanes of at least 4 members (excludes halogenated alkanes) is 3. The molecule has 0 radical (unpaired) electrons. The number of nitrogen functional groups attached to an aromatic ring is 1. The summed E-state index contributed by atoms with van der Waals surface area (Å²) in [6.45, 7) is 3.40. The van der Waals surface area contributed by atoms with Gasteiger partial charge in [0.1, 0.15) is 12.1 Å². The minimum Gasteiger partial charge on any atom is -0.438 e. The summed E-state index contributed by atoms with van der Waals surface area (Å²) in [7, 11) is 0. The summed E-state index contributed by atoms with van der Waals surface area (Å²) in [6.07, 6.45) is 4.83. The first-order valence-electron chi connectivity index (χ1n) is 6.52. The fraction of sp³-hybridized carbons (Fsp3) is 0.500. The Hall–Kier alpha value is -1.55. The summed E-state index contributed by atoms with van der Waals surface area (Å²) in [6, 6.07) is 5.46. The van der Waals surface area contributed by atoms with Gasteiger partial charge in [0, 0.05) is 18.4 Å². The van der Waals surface area contributed by atoms with Crippen LogP contribution in [0.3, 0.4) is 0 Å². The molecule has 1 aromatic heterocycles. The molecule has 0 unspecified atom stereocenters. The number of hydrogen-bond acceptors (Lipinski definition) is 4. The van der Waals surface area contributed by atoms with Crippen LogP contribution >= 0.6 is 0 Å². The van der Waals surface area contributed by atoms with Crippen LogP contribution < -0.4 is 5.73 Å². The number of fused-ring (bicyclic) bond motifs is 1. The molecular formula is C14H20N2O2. The molecule has 2 aromatic rings. The number of nitrogens with two attached hydrogens (primary N) is 1. The van der Waals surface area contributed by atoms with Gasteiger partial charge in [0.05, 0.1) is 0 Å². The molecule has 0 aliphatic rings. The molecule has 2 rings (SSSR count). The largest absolute Gasteiger partial charge is 0.438 e. The molecule has 0 bridgehead atoms. The summed E-state index contributed by atoms with van der Waals surface area (Å²) < 4.78 is 11.1. The fourth-order valence-electron chi connectivity index (χ4n) is 1.84. The summed E-state index contributed by atoms with van der Waals surface area (Å²) >= 11 is 0. The number of nitrogens with zero attached hydrogens (tertiary/aromatic N) is 1. The van der Waals surface area contributed by atoms with Crippen molar-refractivity contribution in [1.29, 1.82) is 0 Å². The summed E-state index contributed by atoms with van der Waals surface area (Å²) in [5.41, 5.74) is 7.92. The minimum atomic E-state index is 0.431. The lowest BCUT2D eigenvalue weighted by atomic mass is 10.2. The molecule has 4 nitrogen and oxygen atoms in total. The molecule has 0 aliphatic carbocycles. The van der Waals surface area contributed by atoms with E-state index in [0.29, 0.717) is 18.2 Å². The van der Waals surface area contributed by atoms with Crippen molar-refractivity contribution in [2.24, 2.45) is 0 Å². The number of anilines is 1. The fourth-order valence-corrected chi connectivity index (χ4v) is 1.84. The lowest BCUT2D eigenvalue weighted by Gasteiger charge is -2.00. The first kappa shape index (κ1) is 12.9. The van der Waals surface area contributed by atoms with Gasteiger partial charge in [-0.1, -0.05) is 26.2 Å². The summed E-state index contributed by atoms with van der Waals surface area (Å²) in [4.78, 5) is 4.34. The van der Waals surface area contributed by atoms with Crippen LogP contribution in [0.4, 0.5) is 5.69 Å². The Kier molecular flexibility index (Phi) is 4.59. The molecule has 1 heterocycles. The highest BCUT2D eigenvalue weighted by Gasteiger charge is 2.05. The minimum absolute atomic E-state index is 0.431. The van der Waals surface area contributed by atoms with Crippen LogP contribution in [0.15, 0.2) is 22.6 Å². The van der Waals surface area contributed by atoms with Crippen LogP contribution in [0.2, 0.25) is 0 Å². The van der Waals surface area contributed by atoms with E-state index in [2.05, 4.69) is 11.9 Å². The smallest absolute Gasteiger partial charge is 0.221 e. The van der Waals surface area contributed by atoms with Gasteiger partial charge in [-0.2, -0.15) is 0 Å². The number of oxazole rings is 1. The molecule has 1 aromatic carbocycles. The standard InChI is InChI=1S/C14H20N2O2/c1-2-3-4-5-8-17-10-14-16-12-7-6-11(15)9-13(12)18-14/h6-7,9H,2-5,8,10,15H2,1H3. The Labute approximate surface area is 107 Å². The van der Waals surface area contributed by atoms with Crippen molar-refractivity contribution in [2.75, 3.05) is 12.3 Å². The van der Waals surface area contributed by atoms with Crippen molar-refractivity contribution in [3.63, 3.8) is 0 Å². The predicted octanol–water partition coefficient (Wildman–Crippen LogP) is 3.51. The lowest BCUT2D eigenvalue weighted by Crippen LogP contribution is -1.95. The maximum atomic E-state index is 5.68. The average Bonchev–Trinajstić information content (AvgIpc) is 2.75. The molecular weight excluding hydrogens is 228 g/mol. The Balaban J connectivity index is 1.81. The number of benzene rings is 1. The van der Waals surface area contributed by atoms with Crippen LogP contribution in [0.1, 0.15) is 38.5 Å². The van der Waals surface area contributed by atoms with Gasteiger partial charge in [0.25, 0.3) is 0 Å². The SMILES string of the molecule is CCCCCCOCc1nc2ccc(N)cc2o1. The molecule has 18 heavy (non-hydrogen) atoms. The normalized spacial score (nSPS) is 11.2. The maximum Gasteiger partial charge on any atom is 0.221 e. The molecule has 0 fully saturated rings. The zero-order valence-electron chi connectivity index (χ0n) is 10.8. The highest BCUT2D eigenvalue weighted by atomic mass is 16.5. The summed E-state index contributed by atoms with van der Waals surface area (Å²) in [5.74, 6) is 0.617. The van der Waals surface area contributed by atoms with Crippen molar-refractivity contribution >= 4 is 16.8 Å². The highest BCUT2D eigenvalue weighted by molar-refractivity contribution is 5.76. The second-order valence-electron chi connectivity index (χ2n) is 4.45. The van der Waals surface area contributed by atoms with Crippen molar-refractivity contribution in [1.82, 2.24) is 4.98 Å². The van der Waals surface area contributed by atoms with Gasteiger partial charge in [-0.05, 0) is 18.6 Å². The van der Waals surface area contributed by atoms with Gasteiger partial charge in [-0.3, -0.25) is 0 Å². The lowest BCUT2D eigenvalue weighted by molar-refractivity contribution is 0.100. The second kappa shape index (κ2) is 6.40. The van der Waals surface area contributed by atoms with E-state index in [9.17, 15) is 0 Å². The average molecular weight is 248 g/mol. The molecule has 0 spiro atoms. The van der Waals surface area contributed by atoms with Gasteiger partial charge >= 0.3 is 0 Å². The quantitative estimate of drug-likeness (QED) is 0.601. The Morgan fingerprint density at radius 2 is 2.17 bits per heavy atom. The molecule has 0 aliphatic heterocycles. The van der Waals surface area contributed by atoms with Crippen LogP contribution in [0.5, 0.6) is 0 Å². The molecule has 0 saturated heterocycles. The van der Waals surface area contributed by atoms with E-state index in [-0.39, 0.29) is 0 Å². The number of rotatable bonds is 7. The molecule has 0 atom stereocenters. The number of aromatic nitrogens is 1. The van der Waals surface area contributed by atoms with E-state index in [1.807, 2.05) is 12.1 Å². The van der Waals surface area contributed by atoms with Crippen molar-refractivity contribution in [3.8, 4) is 0 Å². The Morgan fingerprint density at radius 3 is 3.00 bits per heavy atom. The van der Waals surface area contributed by atoms with Gasteiger partial charge in [0.2, 0.25) is 5.89 Å². The van der Waals surface area contributed by atoms with Crippen LogP contribution in [-0.4, -0.2) is 11.6 Å². The third-order valence-corrected chi connectivity index (χ3v) is 2.82. The van der Waals surface area contributed by atoms with Crippen molar-refractivity contribution < 1.29 is 9.15 Å². The molecule has 4 heteroatoms. The van der Waals surface area contributed by atoms with E-state index in [1.165, 1.54) is 19.3 Å².